The first-order valence-corrected chi connectivity index (χ1v) is 6.18. The number of rotatable bonds is 5. The summed E-state index contributed by atoms with van der Waals surface area (Å²) < 4.78 is 5.10. The highest BCUT2D eigenvalue weighted by atomic mass is 35.5. The number of carbonyl (C=O) groups excluding carboxylic acids is 1. The minimum atomic E-state index is -0.623. The molecule has 1 rings (SSSR count). The van der Waals surface area contributed by atoms with Crippen LogP contribution in [0, 0.1) is 0 Å². The molecule has 5 heteroatoms. The number of methoxy groups -OCH3 is 1. The van der Waals surface area contributed by atoms with Crippen LogP contribution < -0.4 is 15.4 Å². The minimum Gasteiger partial charge on any atom is -0.495 e. The maximum Gasteiger partial charge on any atom is 0.244 e. The molecule has 2 N–H and O–H groups in total. The molecule has 0 atom stereocenters. The molecular weight excluding hydrogens is 252 g/mol. The van der Waals surface area contributed by atoms with E-state index < -0.39 is 5.54 Å². The zero-order valence-electron chi connectivity index (χ0n) is 11.1. The summed E-state index contributed by atoms with van der Waals surface area (Å²) in [6, 6.07) is 5.13. The maximum absolute atomic E-state index is 12.1. The van der Waals surface area contributed by atoms with Gasteiger partial charge in [0.2, 0.25) is 5.91 Å². The molecule has 0 saturated carbocycles. The second-order valence-corrected chi connectivity index (χ2v) is 4.87. The van der Waals surface area contributed by atoms with Gasteiger partial charge in [-0.05, 0) is 32.5 Å². The van der Waals surface area contributed by atoms with Gasteiger partial charge < -0.3 is 15.4 Å². The van der Waals surface area contributed by atoms with Gasteiger partial charge in [0.1, 0.15) is 5.75 Å². The highest BCUT2D eigenvalue weighted by Gasteiger charge is 2.26. The van der Waals surface area contributed by atoms with Crippen LogP contribution in [0.4, 0.5) is 5.69 Å². The van der Waals surface area contributed by atoms with Crippen molar-refractivity contribution in [1.29, 1.82) is 0 Å². The second kappa shape index (κ2) is 6.07. The van der Waals surface area contributed by atoms with Gasteiger partial charge in [0.05, 0.1) is 17.7 Å². The number of hydrogen-bond acceptors (Lipinski definition) is 3. The van der Waals surface area contributed by atoms with Crippen molar-refractivity contribution in [3.05, 3.63) is 23.2 Å². The third-order valence-corrected chi connectivity index (χ3v) is 2.91. The van der Waals surface area contributed by atoms with Crippen LogP contribution in [0.1, 0.15) is 20.8 Å². The van der Waals surface area contributed by atoms with Crippen molar-refractivity contribution in [2.45, 2.75) is 26.3 Å². The van der Waals surface area contributed by atoms with Crippen LogP contribution in [0.5, 0.6) is 5.75 Å². The van der Waals surface area contributed by atoms with E-state index in [9.17, 15) is 4.79 Å². The Kier molecular flexibility index (Phi) is 4.99. The molecule has 0 spiro atoms. The molecule has 0 radical (unpaired) electrons. The first-order chi connectivity index (χ1) is 8.40. The Bertz CT molecular complexity index is 433. The Morgan fingerprint density at radius 1 is 1.44 bits per heavy atom. The molecule has 0 bridgehead atoms. The van der Waals surface area contributed by atoms with Gasteiger partial charge in [-0.1, -0.05) is 18.5 Å². The van der Waals surface area contributed by atoms with E-state index in [0.717, 1.165) is 6.54 Å². The second-order valence-electron chi connectivity index (χ2n) is 4.46. The lowest BCUT2D eigenvalue weighted by molar-refractivity contribution is -0.121. The Labute approximate surface area is 113 Å². The van der Waals surface area contributed by atoms with Gasteiger partial charge in [0.25, 0.3) is 0 Å². The molecule has 1 aromatic rings. The van der Waals surface area contributed by atoms with E-state index >= 15 is 0 Å². The number of likely N-dealkylation sites (N-methyl/N-ethyl adjacent to an activating group) is 1. The third kappa shape index (κ3) is 3.62. The maximum atomic E-state index is 12.1. The summed E-state index contributed by atoms with van der Waals surface area (Å²) in [5.41, 5.74) is 0.0361. The highest BCUT2D eigenvalue weighted by molar-refractivity contribution is 6.32. The fourth-order valence-corrected chi connectivity index (χ4v) is 1.74. The summed E-state index contributed by atoms with van der Waals surface area (Å²) in [7, 11) is 1.54. The number of anilines is 1. The number of nitrogens with one attached hydrogen (secondary N) is 2. The highest BCUT2D eigenvalue weighted by Crippen LogP contribution is 2.27. The summed E-state index contributed by atoms with van der Waals surface area (Å²) in [4.78, 5) is 12.1. The Morgan fingerprint density at radius 3 is 2.67 bits per heavy atom. The van der Waals surface area contributed by atoms with Gasteiger partial charge in [0.15, 0.2) is 0 Å². The van der Waals surface area contributed by atoms with Crippen LogP contribution in [0.3, 0.4) is 0 Å². The predicted molar refractivity (Wildman–Crippen MR) is 74.4 cm³/mol. The van der Waals surface area contributed by atoms with Gasteiger partial charge >= 0.3 is 0 Å². The molecule has 0 aliphatic rings. The summed E-state index contributed by atoms with van der Waals surface area (Å²) in [6.07, 6.45) is 0. The molecule has 0 aliphatic heterocycles. The van der Waals surface area contributed by atoms with Crippen LogP contribution in [-0.2, 0) is 4.79 Å². The fourth-order valence-electron chi connectivity index (χ4n) is 1.55. The number of halogens is 1. The van der Waals surface area contributed by atoms with E-state index in [4.69, 9.17) is 16.3 Å². The molecule has 100 valence electrons. The van der Waals surface area contributed by atoms with Crippen molar-refractivity contribution in [3.8, 4) is 5.75 Å². The number of hydrogen-bond donors (Lipinski definition) is 2. The SMILES string of the molecule is CCNC(C)(C)C(=O)Nc1ccc(Cl)c(OC)c1. The van der Waals surface area contributed by atoms with Gasteiger partial charge in [-0.25, -0.2) is 0 Å². The molecular formula is C13H19ClN2O2. The molecule has 18 heavy (non-hydrogen) atoms. The van der Waals surface area contributed by atoms with Gasteiger partial charge in [-0.15, -0.1) is 0 Å². The van der Waals surface area contributed by atoms with Crippen LogP contribution >= 0.6 is 11.6 Å². The van der Waals surface area contributed by atoms with Crippen molar-refractivity contribution in [1.82, 2.24) is 5.32 Å². The van der Waals surface area contributed by atoms with Crippen molar-refractivity contribution >= 4 is 23.2 Å². The quantitative estimate of drug-likeness (QED) is 0.865. The fraction of sp³-hybridized carbons (Fsp3) is 0.462. The smallest absolute Gasteiger partial charge is 0.244 e. The molecule has 0 aliphatic carbocycles. The molecule has 0 saturated heterocycles. The zero-order valence-corrected chi connectivity index (χ0v) is 11.9. The predicted octanol–water partition coefficient (Wildman–Crippen LogP) is 2.68. The number of ether oxygens (including phenoxy) is 1. The Balaban J connectivity index is 2.82. The van der Waals surface area contributed by atoms with Gasteiger partial charge in [0, 0.05) is 11.8 Å². The lowest BCUT2D eigenvalue weighted by Crippen LogP contribution is -2.49. The average molecular weight is 271 g/mol. The van der Waals surface area contributed by atoms with E-state index in [1.165, 1.54) is 7.11 Å². The van der Waals surface area contributed by atoms with Crippen molar-refractivity contribution in [3.63, 3.8) is 0 Å². The normalized spacial score (nSPS) is 11.2. The average Bonchev–Trinajstić information content (AvgIpc) is 2.31. The standard InChI is InChI=1S/C13H19ClN2O2/c1-5-15-13(2,3)12(17)16-9-6-7-10(14)11(8-9)18-4/h6-8,15H,5H2,1-4H3,(H,16,17). The topological polar surface area (TPSA) is 50.4 Å². The summed E-state index contributed by atoms with van der Waals surface area (Å²) in [5.74, 6) is 0.435. The van der Waals surface area contributed by atoms with E-state index in [2.05, 4.69) is 10.6 Å². The van der Waals surface area contributed by atoms with Crippen molar-refractivity contribution in [2.24, 2.45) is 0 Å². The summed E-state index contributed by atoms with van der Waals surface area (Å²) in [6.45, 7) is 6.35. The monoisotopic (exact) mass is 270 g/mol. The number of amides is 1. The van der Waals surface area contributed by atoms with E-state index in [1.807, 2.05) is 20.8 Å². The molecule has 0 unspecified atom stereocenters. The first kappa shape index (κ1) is 14.8. The summed E-state index contributed by atoms with van der Waals surface area (Å²) in [5, 5.41) is 6.46. The number of carbonyl (C=O) groups is 1. The molecule has 1 aromatic carbocycles. The van der Waals surface area contributed by atoms with Gasteiger partial charge in [-0.3, -0.25) is 4.79 Å². The number of benzene rings is 1. The molecule has 4 nitrogen and oxygen atoms in total. The van der Waals surface area contributed by atoms with Crippen LogP contribution in [-0.4, -0.2) is 25.1 Å². The molecule has 0 fully saturated rings. The molecule has 0 aromatic heterocycles. The van der Waals surface area contributed by atoms with Gasteiger partial charge in [-0.2, -0.15) is 0 Å². The zero-order chi connectivity index (χ0) is 13.8. The lowest BCUT2D eigenvalue weighted by Gasteiger charge is -2.24. The van der Waals surface area contributed by atoms with E-state index in [0.29, 0.717) is 16.5 Å². The summed E-state index contributed by atoms with van der Waals surface area (Å²) >= 11 is 5.92. The minimum absolute atomic E-state index is 0.103. The molecule has 0 heterocycles. The van der Waals surface area contributed by atoms with Crippen LogP contribution in [0.2, 0.25) is 5.02 Å². The Morgan fingerprint density at radius 2 is 2.11 bits per heavy atom. The van der Waals surface area contributed by atoms with Crippen molar-refractivity contribution in [2.75, 3.05) is 19.0 Å². The molecule has 1 amide bonds. The first-order valence-electron chi connectivity index (χ1n) is 5.80. The van der Waals surface area contributed by atoms with Crippen LogP contribution in [0.15, 0.2) is 18.2 Å². The van der Waals surface area contributed by atoms with Crippen LogP contribution in [0.25, 0.3) is 0 Å². The lowest BCUT2D eigenvalue weighted by atomic mass is 10.0. The largest absolute Gasteiger partial charge is 0.495 e. The van der Waals surface area contributed by atoms with E-state index in [1.54, 1.807) is 18.2 Å². The van der Waals surface area contributed by atoms with E-state index in [-0.39, 0.29) is 5.91 Å². The Hall–Kier alpha value is -1.26. The van der Waals surface area contributed by atoms with Crippen molar-refractivity contribution < 1.29 is 9.53 Å². The third-order valence-electron chi connectivity index (χ3n) is 2.60.